The average Bonchev–Trinajstić information content (AvgIpc) is 2.45. The summed E-state index contributed by atoms with van der Waals surface area (Å²) in [7, 11) is 0. The Kier molecular flexibility index (Phi) is 5.50. The maximum Gasteiger partial charge on any atom is 0.125 e. The van der Waals surface area contributed by atoms with E-state index in [2.05, 4.69) is 15.2 Å². The lowest BCUT2D eigenvalue weighted by Crippen LogP contribution is -2.37. The molecule has 1 aromatic heterocycles. The Labute approximate surface area is 119 Å². The fraction of sp³-hybridized carbons (Fsp3) is 0.538. The zero-order chi connectivity index (χ0) is 13.5. The summed E-state index contributed by atoms with van der Waals surface area (Å²) in [6.07, 6.45) is 2.80. The molecule has 0 saturated carbocycles. The van der Waals surface area contributed by atoms with Crippen molar-refractivity contribution in [3.8, 4) is 0 Å². The van der Waals surface area contributed by atoms with E-state index in [0.29, 0.717) is 4.99 Å². The minimum atomic E-state index is 0.381. The number of rotatable bonds is 6. The van der Waals surface area contributed by atoms with Crippen molar-refractivity contribution in [1.82, 2.24) is 9.88 Å². The lowest BCUT2D eigenvalue weighted by Gasteiger charge is -2.26. The van der Waals surface area contributed by atoms with Gasteiger partial charge in [-0.05, 0) is 25.1 Å². The van der Waals surface area contributed by atoms with Crippen LogP contribution in [0, 0.1) is 0 Å². The molecule has 6 heteroatoms. The third-order valence-corrected chi connectivity index (χ3v) is 3.34. The van der Waals surface area contributed by atoms with Crippen molar-refractivity contribution in [2.75, 3.05) is 44.7 Å². The largest absolute Gasteiger partial charge is 0.389 e. The van der Waals surface area contributed by atoms with Crippen LogP contribution in [0.15, 0.2) is 18.3 Å². The number of pyridine rings is 1. The van der Waals surface area contributed by atoms with Crippen molar-refractivity contribution < 1.29 is 4.74 Å². The van der Waals surface area contributed by atoms with Crippen LogP contribution in [0.2, 0.25) is 0 Å². The molecule has 0 radical (unpaired) electrons. The zero-order valence-electron chi connectivity index (χ0n) is 11.0. The van der Waals surface area contributed by atoms with Gasteiger partial charge in [-0.2, -0.15) is 0 Å². The lowest BCUT2D eigenvalue weighted by molar-refractivity contribution is 0.0378. The van der Waals surface area contributed by atoms with E-state index in [1.807, 2.05) is 12.1 Å². The van der Waals surface area contributed by atoms with Gasteiger partial charge in [0, 0.05) is 31.4 Å². The first kappa shape index (κ1) is 14.2. The molecule has 5 nitrogen and oxygen atoms in total. The number of nitrogens with zero attached hydrogens (tertiary/aromatic N) is 2. The molecule has 1 aliphatic heterocycles. The monoisotopic (exact) mass is 280 g/mol. The highest BCUT2D eigenvalue weighted by atomic mass is 32.1. The van der Waals surface area contributed by atoms with Crippen molar-refractivity contribution in [2.24, 2.45) is 5.73 Å². The van der Waals surface area contributed by atoms with Crippen LogP contribution in [-0.2, 0) is 4.74 Å². The van der Waals surface area contributed by atoms with Crippen molar-refractivity contribution in [1.29, 1.82) is 0 Å². The molecule has 104 valence electrons. The third-order valence-electron chi connectivity index (χ3n) is 3.11. The number of thiocarbonyl (C=S) groups is 1. The van der Waals surface area contributed by atoms with E-state index in [1.165, 1.54) is 0 Å². The van der Waals surface area contributed by atoms with E-state index in [4.69, 9.17) is 22.7 Å². The number of ether oxygens (including phenoxy) is 1. The highest BCUT2D eigenvalue weighted by molar-refractivity contribution is 7.80. The molecule has 0 spiro atoms. The van der Waals surface area contributed by atoms with Gasteiger partial charge in [-0.15, -0.1) is 0 Å². The first-order valence-electron chi connectivity index (χ1n) is 6.55. The Bertz CT molecular complexity index is 404. The Morgan fingerprint density at radius 2 is 2.21 bits per heavy atom. The van der Waals surface area contributed by atoms with Gasteiger partial charge in [-0.3, -0.25) is 4.90 Å². The van der Waals surface area contributed by atoms with Crippen LogP contribution in [0.3, 0.4) is 0 Å². The van der Waals surface area contributed by atoms with E-state index in [-0.39, 0.29) is 0 Å². The van der Waals surface area contributed by atoms with Crippen molar-refractivity contribution in [2.45, 2.75) is 6.42 Å². The van der Waals surface area contributed by atoms with E-state index in [9.17, 15) is 0 Å². The smallest absolute Gasteiger partial charge is 0.125 e. The molecule has 1 aliphatic rings. The minimum Gasteiger partial charge on any atom is -0.389 e. The number of anilines is 1. The van der Waals surface area contributed by atoms with E-state index >= 15 is 0 Å². The standard InChI is InChI=1S/C13H20N4OS/c14-13(19)11-2-3-12(16-10-11)15-4-1-5-17-6-8-18-9-7-17/h2-3,10H,1,4-9H2,(H2,14,19)(H,15,16). The second-order valence-electron chi connectivity index (χ2n) is 4.53. The van der Waals surface area contributed by atoms with Crippen molar-refractivity contribution in [3.63, 3.8) is 0 Å². The summed E-state index contributed by atoms with van der Waals surface area (Å²) in [6.45, 7) is 5.81. The summed E-state index contributed by atoms with van der Waals surface area (Å²) in [5.41, 5.74) is 6.32. The molecule has 1 aromatic rings. The number of aromatic nitrogens is 1. The van der Waals surface area contributed by atoms with E-state index in [1.54, 1.807) is 6.20 Å². The first-order chi connectivity index (χ1) is 9.25. The molecular weight excluding hydrogens is 260 g/mol. The summed E-state index contributed by atoms with van der Waals surface area (Å²) >= 11 is 4.89. The van der Waals surface area contributed by atoms with Crippen molar-refractivity contribution >= 4 is 23.0 Å². The number of nitrogens with two attached hydrogens (primary N) is 1. The van der Waals surface area contributed by atoms with Gasteiger partial charge >= 0.3 is 0 Å². The fourth-order valence-corrected chi connectivity index (χ4v) is 2.11. The molecule has 2 heterocycles. The van der Waals surface area contributed by atoms with E-state index in [0.717, 1.165) is 57.2 Å². The van der Waals surface area contributed by atoms with Crippen LogP contribution in [-0.4, -0.2) is 54.3 Å². The van der Waals surface area contributed by atoms with Crippen LogP contribution < -0.4 is 11.1 Å². The molecule has 0 amide bonds. The highest BCUT2D eigenvalue weighted by Crippen LogP contribution is 2.05. The van der Waals surface area contributed by atoms with Crippen LogP contribution in [0.4, 0.5) is 5.82 Å². The SMILES string of the molecule is NC(=S)c1ccc(NCCCN2CCOCC2)nc1. The second-order valence-corrected chi connectivity index (χ2v) is 4.97. The predicted molar refractivity (Wildman–Crippen MR) is 80.5 cm³/mol. The Balaban J connectivity index is 1.66. The maximum atomic E-state index is 5.52. The molecule has 19 heavy (non-hydrogen) atoms. The molecule has 0 aliphatic carbocycles. The van der Waals surface area contributed by atoms with Crippen LogP contribution in [0.25, 0.3) is 0 Å². The predicted octanol–water partition coefficient (Wildman–Crippen LogP) is 0.850. The summed E-state index contributed by atoms with van der Waals surface area (Å²) < 4.78 is 5.32. The third kappa shape index (κ3) is 4.74. The quantitative estimate of drug-likeness (QED) is 0.595. The number of nitrogens with one attached hydrogen (secondary N) is 1. The summed E-state index contributed by atoms with van der Waals surface area (Å²) in [6, 6.07) is 3.79. The van der Waals surface area contributed by atoms with Gasteiger partial charge in [0.05, 0.1) is 13.2 Å². The molecule has 3 N–H and O–H groups in total. The van der Waals surface area contributed by atoms with Gasteiger partial charge in [0.2, 0.25) is 0 Å². The van der Waals surface area contributed by atoms with Crippen LogP contribution >= 0.6 is 12.2 Å². The highest BCUT2D eigenvalue weighted by Gasteiger charge is 2.08. The summed E-state index contributed by atoms with van der Waals surface area (Å²) in [5, 5.41) is 3.30. The normalized spacial score (nSPS) is 16.2. The fourth-order valence-electron chi connectivity index (χ4n) is 1.99. The number of hydrogen-bond donors (Lipinski definition) is 2. The van der Waals surface area contributed by atoms with Gasteiger partial charge in [0.1, 0.15) is 10.8 Å². The number of hydrogen-bond acceptors (Lipinski definition) is 5. The van der Waals surface area contributed by atoms with Crippen LogP contribution in [0.1, 0.15) is 12.0 Å². The first-order valence-corrected chi connectivity index (χ1v) is 6.96. The van der Waals surface area contributed by atoms with Crippen molar-refractivity contribution in [3.05, 3.63) is 23.9 Å². The Morgan fingerprint density at radius 1 is 1.42 bits per heavy atom. The zero-order valence-corrected chi connectivity index (χ0v) is 11.8. The topological polar surface area (TPSA) is 63.4 Å². The van der Waals surface area contributed by atoms with Gasteiger partial charge in [0.15, 0.2) is 0 Å². The van der Waals surface area contributed by atoms with Gasteiger partial charge < -0.3 is 15.8 Å². The Morgan fingerprint density at radius 3 is 2.84 bits per heavy atom. The average molecular weight is 280 g/mol. The lowest BCUT2D eigenvalue weighted by atomic mass is 10.3. The molecule has 1 saturated heterocycles. The Hall–Kier alpha value is -1.24. The minimum absolute atomic E-state index is 0.381. The van der Waals surface area contributed by atoms with E-state index < -0.39 is 0 Å². The molecule has 0 bridgehead atoms. The molecule has 0 unspecified atom stereocenters. The molecule has 0 atom stereocenters. The second kappa shape index (κ2) is 7.37. The molecule has 0 aromatic carbocycles. The summed E-state index contributed by atoms with van der Waals surface area (Å²) in [5.74, 6) is 0.863. The number of morpholine rings is 1. The molecular formula is C13H20N4OS. The van der Waals surface area contributed by atoms with Gasteiger partial charge in [0.25, 0.3) is 0 Å². The molecule has 2 rings (SSSR count). The molecule has 1 fully saturated rings. The van der Waals surface area contributed by atoms with Crippen LogP contribution in [0.5, 0.6) is 0 Å². The van der Waals surface area contributed by atoms with Gasteiger partial charge in [-0.1, -0.05) is 12.2 Å². The summed E-state index contributed by atoms with van der Waals surface area (Å²) in [4.78, 5) is 7.08. The maximum absolute atomic E-state index is 5.52. The van der Waals surface area contributed by atoms with Gasteiger partial charge in [-0.25, -0.2) is 4.98 Å².